The molecule has 2 aliphatic heterocycles. The van der Waals surface area contributed by atoms with E-state index in [0.717, 1.165) is 60.7 Å². The standard InChI is InChI=1S/C30H38N6O2/c1-21-16-22(2)29(30(38)35-14-15-36(25(19-35)20-37)27-6-4-5-9-32-27)23(3)26(21)17-24-7-12-34(13-8-24)28-18-31-10-11-33-28/h4-6,9-11,16,18,24-25,37H,7-8,12-15,17,19-20H2,1-3H3/t25-/m0/s1. The average molecular weight is 515 g/mol. The number of anilines is 2. The summed E-state index contributed by atoms with van der Waals surface area (Å²) in [5, 5.41) is 10.1. The third-order valence-electron chi connectivity index (χ3n) is 8.25. The molecule has 1 N–H and O–H groups in total. The Hall–Kier alpha value is -3.52. The molecule has 38 heavy (non-hydrogen) atoms. The van der Waals surface area contributed by atoms with Gasteiger partial charge in [-0.25, -0.2) is 9.97 Å². The summed E-state index contributed by atoms with van der Waals surface area (Å²) in [7, 11) is 0. The molecule has 0 bridgehead atoms. The molecule has 1 amide bonds. The maximum absolute atomic E-state index is 13.9. The van der Waals surface area contributed by atoms with Gasteiger partial charge in [-0.3, -0.25) is 9.78 Å². The van der Waals surface area contributed by atoms with E-state index in [1.165, 1.54) is 11.1 Å². The van der Waals surface area contributed by atoms with Crippen molar-refractivity contribution in [1.82, 2.24) is 19.9 Å². The Bertz CT molecular complexity index is 1240. The number of carbonyl (C=O) groups excluding carboxylic acids is 1. The van der Waals surface area contributed by atoms with Crippen LogP contribution in [0.25, 0.3) is 0 Å². The molecule has 1 aromatic carbocycles. The summed E-state index contributed by atoms with van der Waals surface area (Å²) in [6.07, 6.45) is 10.2. The Kier molecular flexibility index (Phi) is 7.88. The van der Waals surface area contributed by atoms with Gasteiger partial charge in [0.1, 0.15) is 11.6 Å². The zero-order valence-electron chi connectivity index (χ0n) is 22.7. The summed E-state index contributed by atoms with van der Waals surface area (Å²) in [6, 6.07) is 7.80. The number of aryl methyl sites for hydroxylation is 2. The second kappa shape index (κ2) is 11.5. The van der Waals surface area contributed by atoms with E-state index in [1.54, 1.807) is 18.6 Å². The molecule has 8 nitrogen and oxygen atoms in total. The summed E-state index contributed by atoms with van der Waals surface area (Å²) in [5.41, 5.74) is 5.53. The number of benzene rings is 1. The zero-order chi connectivity index (χ0) is 26.6. The second-order valence-electron chi connectivity index (χ2n) is 10.7. The van der Waals surface area contributed by atoms with Gasteiger partial charge in [0.05, 0.1) is 18.8 Å². The lowest BCUT2D eigenvalue weighted by molar-refractivity contribution is 0.0697. The molecule has 0 spiro atoms. The molecule has 0 unspecified atom stereocenters. The Morgan fingerprint density at radius 1 is 0.974 bits per heavy atom. The van der Waals surface area contributed by atoms with Gasteiger partial charge in [0.2, 0.25) is 0 Å². The minimum Gasteiger partial charge on any atom is -0.394 e. The molecule has 3 aromatic rings. The molecule has 5 rings (SSSR count). The summed E-state index contributed by atoms with van der Waals surface area (Å²) in [5.74, 6) is 2.43. The van der Waals surface area contributed by atoms with Crippen LogP contribution in [0.5, 0.6) is 0 Å². The first-order valence-corrected chi connectivity index (χ1v) is 13.6. The molecule has 2 fully saturated rings. The maximum atomic E-state index is 13.9. The third kappa shape index (κ3) is 5.36. The van der Waals surface area contributed by atoms with Crippen LogP contribution in [-0.4, -0.2) is 76.2 Å². The minimum atomic E-state index is -0.173. The highest BCUT2D eigenvalue weighted by Gasteiger charge is 2.32. The molecule has 8 heteroatoms. The van der Waals surface area contributed by atoms with Crippen LogP contribution in [0.15, 0.2) is 49.1 Å². The molecule has 2 saturated heterocycles. The predicted molar refractivity (Wildman–Crippen MR) is 150 cm³/mol. The summed E-state index contributed by atoms with van der Waals surface area (Å²) in [4.78, 5) is 33.4. The first-order chi connectivity index (χ1) is 18.5. The van der Waals surface area contributed by atoms with Crippen LogP contribution in [0.2, 0.25) is 0 Å². The first-order valence-electron chi connectivity index (χ1n) is 13.6. The topological polar surface area (TPSA) is 85.7 Å². The van der Waals surface area contributed by atoms with Crippen LogP contribution in [0.4, 0.5) is 11.6 Å². The molecule has 0 radical (unpaired) electrons. The fourth-order valence-electron chi connectivity index (χ4n) is 6.16. The largest absolute Gasteiger partial charge is 0.394 e. The van der Waals surface area contributed by atoms with Crippen molar-refractivity contribution in [3.63, 3.8) is 0 Å². The third-order valence-corrected chi connectivity index (χ3v) is 8.25. The number of piperidine rings is 1. The van der Waals surface area contributed by atoms with Crippen molar-refractivity contribution in [2.24, 2.45) is 5.92 Å². The van der Waals surface area contributed by atoms with E-state index >= 15 is 0 Å². The first kappa shape index (κ1) is 26.1. The molecule has 200 valence electrons. The lowest BCUT2D eigenvalue weighted by Gasteiger charge is -2.41. The smallest absolute Gasteiger partial charge is 0.254 e. The van der Waals surface area contributed by atoms with Crippen molar-refractivity contribution < 1.29 is 9.90 Å². The Morgan fingerprint density at radius 3 is 2.45 bits per heavy atom. The van der Waals surface area contributed by atoms with Crippen LogP contribution >= 0.6 is 0 Å². The normalized spacial score (nSPS) is 18.6. The number of aromatic nitrogens is 3. The highest BCUT2D eigenvalue weighted by atomic mass is 16.3. The Balaban J connectivity index is 1.30. The summed E-state index contributed by atoms with van der Waals surface area (Å²) < 4.78 is 0. The summed E-state index contributed by atoms with van der Waals surface area (Å²) in [6.45, 7) is 9.99. The van der Waals surface area contributed by atoms with E-state index in [4.69, 9.17) is 0 Å². The molecular formula is C30H38N6O2. The van der Waals surface area contributed by atoms with Gasteiger partial charge in [-0.15, -0.1) is 0 Å². The van der Waals surface area contributed by atoms with Gasteiger partial charge in [0.25, 0.3) is 5.91 Å². The fraction of sp³-hybridized carbons (Fsp3) is 0.467. The lowest BCUT2D eigenvalue weighted by atomic mass is 9.84. The monoisotopic (exact) mass is 514 g/mol. The molecule has 1 atom stereocenters. The maximum Gasteiger partial charge on any atom is 0.254 e. The number of rotatable bonds is 6. The van der Waals surface area contributed by atoms with Crippen molar-refractivity contribution in [1.29, 1.82) is 0 Å². The van der Waals surface area contributed by atoms with Crippen molar-refractivity contribution in [2.75, 3.05) is 49.1 Å². The van der Waals surface area contributed by atoms with Crippen molar-refractivity contribution in [2.45, 2.75) is 46.1 Å². The van der Waals surface area contributed by atoms with Crippen LogP contribution in [0.1, 0.15) is 45.5 Å². The van der Waals surface area contributed by atoms with Gasteiger partial charge in [0, 0.05) is 56.9 Å². The van der Waals surface area contributed by atoms with Crippen LogP contribution in [0.3, 0.4) is 0 Å². The van der Waals surface area contributed by atoms with E-state index < -0.39 is 0 Å². The molecular weight excluding hydrogens is 476 g/mol. The van der Waals surface area contributed by atoms with Crippen LogP contribution in [0, 0.1) is 26.7 Å². The van der Waals surface area contributed by atoms with E-state index in [-0.39, 0.29) is 18.6 Å². The second-order valence-corrected chi connectivity index (χ2v) is 10.7. The number of piperazine rings is 1. The molecule has 0 aliphatic carbocycles. The highest BCUT2D eigenvalue weighted by molar-refractivity contribution is 5.97. The van der Waals surface area contributed by atoms with Gasteiger partial charge in [-0.05, 0) is 80.3 Å². The SMILES string of the molecule is Cc1cc(C)c(C(=O)N2CCN(c3ccccn3)[C@H](CO)C2)c(C)c1CC1CCN(c2cnccn2)CC1. The van der Waals surface area contributed by atoms with Gasteiger partial charge in [-0.2, -0.15) is 0 Å². The minimum absolute atomic E-state index is 0.0231. The number of amides is 1. The lowest BCUT2D eigenvalue weighted by Crippen LogP contribution is -2.56. The van der Waals surface area contributed by atoms with Gasteiger partial charge in [0.15, 0.2) is 0 Å². The molecule has 2 aliphatic rings. The number of pyridine rings is 1. The number of aliphatic hydroxyl groups is 1. The Morgan fingerprint density at radius 2 is 1.76 bits per heavy atom. The average Bonchev–Trinajstić information content (AvgIpc) is 2.96. The predicted octanol–water partition coefficient (Wildman–Crippen LogP) is 3.58. The quantitative estimate of drug-likeness (QED) is 0.538. The number of hydrogen-bond acceptors (Lipinski definition) is 7. The zero-order valence-corrected chi connectivity index (χ0v) is 22.7. The fourth-order valence-corrected chi connectivity index (χ4v) is 6.16. The summed E-state index contributed by atoms with van der Waals surface area (Å²) >= 11 is 0. The highest BCUT2D eigenvalue weighted by Crippen LogP contribution is 2.31. The van der Waals surface area contributed by atoms with Crippen molar-refractivity contribution in [3.8, 4) is 0 Å². The number of hydrogen-bond donors (Lipinski definition) is 1. The van der Waals surface area contributed by atoms with Crippen molar-refractivity contribution in [3.05, 3.63) is 76.9 Å². The molecule has 4 heterocycles. The van der Waals surface area contributed by atoms with Crippen molar-refractivity contribution >= 4 is 17.5 Å². The Labute approximate surface area is 225 Å². The van der Waals surface area contributed by atoms with Gasteiger partial charge < -0.3 is 19.8 Å². The van der Waals surface area contributed by atoms with E-state index in [0.29, 0.717) is 25.6 Å². The van der Waals surface area contributed by atoms with Crippen LogP contribution < -0.4 is 9.80 Å². The number of nitrogens with zero attached hydrogens (tertiary/aromatic N) is 6. The van der Waals surface area contributed by atoms with E-state index in [9.17, 15) is 9.90 Å². The van der Waals surface area contributed by atoms with E-state index in [1.807, 2.05) is 36.2 Å². The van der Waals surface area contributed by atoms with Gasteiger partial charge in [-0.1, -0.05) is 12.1 Å². The van der Waals surface area contributed by atoms with Crippen LogP contribution in [-0.2, 0) is 6.42 Å². The molecule has 0 saturated carbocycles. The number of aliphatic hydroxyl groups excluding tert-OH is 1. The van der Waals surface area contributed by atoms with Gasteiger partial charge >= 0.3 is 0 Å². The molecule has 2 aromatic heterocycles. The number of carbonyl (C=O) groups is 1. The van der Waals surface area contributed by atoms with E-state index in [2.05, 4.69) is 44.7 Å².